The van der Waals surface area contributed by atoms with Crippen LogP contribution < -0.4 is 0 Å². The first kappa shape index (κ1) is 18.0. The van der Waals surface area contributed by atoms with Gasteiger partial charge >= 0.3 is 0 Å². The maximum absolute atomic E-state index is 13.5. The fourth-order valence-corrected chi connectivity index (χ4v) is 6.05. The van der Waals surface area contributed by atoms with Crippen molar-refractivity contribution in [3.63, 3.8) is 0 Å². The third kappa shape index (κ3) is 2.96. The number of likely N-dealkylation sites (tertiary alicyclic amines) is 1. The Morgan fingerprint density at radius 2 is 2.19 bits per heavy atom. The molecule has 2 amide bonds. The average molecular weight is 377 g/mol. The van der Waals surface area contributed by atoms with E-state index in [-0.39, 0.29) is 28.8 Å². The zero-order chi connectivity index (χ0) is 18.3. The van der Waals surface area contributed by atoms with Crippen molar-refractivity contribution in [1.82, 2.24) is 9.80 Å². The number of thioether (sulfide) groups is 1. The smallest absolute Gasteiger partial charge is 0.246 e. The highest BCUT2D eigenvalue weighted by atomic mass is 32.2. The highest BCUT2D eigenvalue weighted by Crippen LogP contribution is 2.48. The summed E-state index contributed by atoms with van der Waals surface area (Å²) < 4.78 is 6.02. The van der Waals surface area contributed by atoms with Crippen molar-refractivity contribution in [3.05, 3.63) is 23.7 Å². The van der Waals surface area contributed by atoms with Gasteiger partial charge in [-0.2, -0.15) is 0 Å². The summed E-state index contributed by atoms with van der Waals surface area (Å²) >= 11 is 1.76. The third-order valence-corrected chi connectivity index (χ3v) is 7.63. The van der Waals surface area contributed by atoms with Gasteiger partial charge in [-0.1, -0.05) is 19.8 Å². The molecule has 3 aliphatic rings. The van der Waals surface area contributed by atoms with Gasteiger partial charge in [0.1, 0.15) is 17.6 Å². The lowest BCUT2D eigenvalue weighted by atomic mass is 10.1. The molecule has 3 fully saturated rings. The van der Waals surface area contributed by atoms with E-state index in [9.17, 15) is 9.59 Å². The Kier molecular flexibility index (Phi) is 4.80. The van der Waals surface area contributed by atoms with Gasteiger partial charge in [0.25, 0.3) is 0 Å². The summed E-state index contributed by atoms with van der Waals surface area (Å²) in [5.74, 6) is 2.82. The first-order valence-electron chi connectivity index (χ1n) is 9.89. The third-order valence-electron chi connectivity index (χ3n) is 6.13. The summed E-state index contributed by atoms with van der Waals surface area (Å²) in [5.41, 5.74) is 0. The Bertz CT molecular complexity index is 703. The number of nitrogens with zero attached hydrogens (tertiary/aromatic N) is 2. The maximum Gasteiger partial charge on any atom is 0.246 e. The van der Waals surface area contributed by atoms with E-state index in [1.165, 1.54) is 0 Å². The van der Waals surface area contributed by atoms with Crippen molar-refractivity contribution in [2.45, 2.75) is 75.7 Å². The molecular formula is C20H28N2O3S. The van der Waals surface area contributed by atoms with Crippen LogP contribution in [0, 0.1) is 0 Å². The molecule has 4 rings (SSSR count). The van der Waals surface area contributed by atoms with Crippen LogP contribution in [0.15, 0.2) is 16.5 Å². The van der Waals surface area contributed by atoms with Crippen LogP contribution in [0.25, 0.3) is 0 Å². The summed E-state index contributed by atoms with van der Waals surface area (Å²) in [4.78, 5) is 29.7. The highest BCUT2D eigenvalue weighted by molar-refractivity contribution is 8.01. The van der Waals surface area contributed by atoms with Crippen molar-refractivity contribution in [2.24, 2.45) is 0 Å². The van der Waals surface area contributed by atoms with E-state index in [2.05, 4.69) is 13.8 Å². The van der Waals surface area contributed by atoms with E-state index >= 15 is 0 Å². The van der Waals surface area contributed by atoms with Crippen molar-refractivity contribution < 1.29 is 14.0 Å². The molecule has 1 aromatic heterocycles. The number of carbonyl (C=O) groups excluding carboxylic acids is 2. The molecule has 3 aliphatic heterocycles. The molecule has 0 spiro atoms. The van der Waals surface area contributed by atoms with Gasteiger partial charge in [0.2, 0.25) is 11.8 Å². The van der Waals surface area contributed by atoms with E-state index in [1.54, 1.807) is 11.8 Å². The Morgan fingerprint density at radius 1 is 1.35 bits per heavy atom. The zero-order valence-corrected chi connectivity index (χ0v) is 16.5. The largest absolute Gasteiger partial charge is 0.464 e. The Labute approximate surface area is 159 Å². The molecular weight excluding hydrogens is 348 g/mol. The average Bonchev–Trinajstić information content (AvgIpc) is 3.25. The Hall–Kier alpha value is -1.43. The number of rotatable bonds is 3. The fourth-order valence-electron chi connectivity index (χ4n) is 4.63. The monoisotopic (exact) mass is 376 g/mol. The number of furan rings is 1. The lowest BCUT2D eigenvalue weighted by Crippen LogP contribution is -2.52. The second-order valence-electron chi connectivity index (χ2n) is 7.82. The van der Waals surface area contributed by atoms with Crippen molar-refractivity contribution >= 4 is 23.6 Å². The van der Waals surface area contributed by atoms with Gasteiger partial charge in [-0.25, -0.2) is 0 Å². The predicted molar refractivity (Wildman–Crippen MR) is 102 cm³/mol. The summed E-state index contributed by atoms with van der Waals surface area (Å²) in [6.45, 7) is 4.94. The van der Waals surface area contributed by atoms with E-state index in [0.29, 0.717) is 12.2 Å². The van der Waals surface area contributed by atoms with Crippen LogP contribution in [0.2, 0.25) is 0 Å². The number of fused-ring (bicyclic) bond motifs is 1. The van der Waals surface area contributed by atoms with Crippen LogP contribution >= 0.6 is 11.8 Å². The van der Waals surface area contributed by atoms with E-state index in [1.807, 2.05) is 21.9 Å². The van der Waals surface area contributed by atoms with Crippen molar-refractivity contribution in [1.29, 1.82) is 0 Å². The first-order valence-corrected chi connectivity index (χ1v) is 10.9. The van der Waals surface area contributed by atoms with Crippen LogP contribution in [0.5, 0.6) is 0 Å². The second-order valence-corrected chi connectivity index (χ2v) is 9.32. The minimum absolute atomic E-state index is 0.000128. The minimum Gasteiger partial charge on any atom is -0.464 e. The quantitative estimate of drug-likeness (QED) is 0.806. The molecule has 26 heavy (non-hydrogen) atoms. The summed E-state index contributed by atoms with van der Waals surface area (Å²) in [6, 6.07) is 3.74. The summed E-state index contributed by atoms with van der Waals surface area (Å²) in [5, 5.41) is 0. The molecule has 0 unspecified atom stereocenters. The van der Waals surface area contributed by atoms with Crippen LogP contribution in [0.4, 0.5) is 0 Å². The number of hydrogen-bond acceptors (Lipinski definition) is 4. The Morgan fingerprint density at radius 3 is 2.96 bits per heavy atom. The standard InChI is InChI=1S/C20H28N2O3S/c1-3-14-8-9-17(25-14)15-7-5-4-6-12-21(15)19(24)16-13-26-20(2)11-10-18(23)22(16)20/h8-9,15-16H,3-7,10-13H2,1-2H3/t15-,16+,20-/m0/s1. The number of aryl methyl sites for hydroxylation is 1. The van der Waals surface area contributed by atoms with Gasteiger partial charge in [0, 0.05) is 25.1 Å². The van der Waals surface area contributed by atoms with Gasteiger partial charge in [-0.05, 0) is 38.3 Å². The number of amides is 2. The lowest BCUT2D eigenvalue weighted by molar-refractivity contribution is -0.145. The molecule has 0 bridgehead atoms. The molecule has 0 radical (unpaired) electrons. The number of carbonyl (C=O) groups is 2. The van der Waals surface area contributed by atoms with Crippen LogP contribution in [0.3, 0.4) is 0 Å². The Balaban J connectivity index is 1.60. The van der Waals surface area contributed by atoms with Crippen molar-refractivity contribution in [3.8, 4) is 0 Å². The maximum atomic E-state index is 13.5. The SMILES string of the molecule is CCc1ccc([C@@H]2CCCCCN2C(=O)[C@H]2CS[C@@]3(C)CCC(=O)N23)o1. The van der Waals surface area contributed by atoms with E-state index in [0.717, 1.165) is 56.6 Å². The molecule has 3 saturated heterocycles. The van der Waals surface area contributed by atoms with E-state index in [4.69, 9.17) is 4.42 Å². The molecule has 0 N–H and O–H groups in total. The van der Waals surface area contributed by atoms with E-state index < -0.39 is 0 Å². The summed E-state index contributed by atoms with van der Waals surface area (Å²) in [6.07, 6.45) is 6.48. The lowest BCUT2D eigenvalue weighted by Gasteiger charge is -2.35. The predicted octanol–water partition coefficient (Wildman–Crippen LogP) is 3.74. The molecule has 0 aliphatic carbocycles. The van der Waals surface area contributed by atoms with Gasteiger partial charge < -0.3 is 14.2 Å². The molecule has 3 atom stereocenters. The first-order chi connectivity index (χ1) is 12.5. The normalized spacial score (nSPS) is 32.0. The topological polar surface area (TPSA) is 53.8 Å². The van der Waals surface area contributed by atoms with Crippen LogP contribution in [0.1, 0.15) is 69.9 Å². The second kappa shape index (κ2) is 6.95. The van der Waals surface area contributed by atoms with Crippen molar-refractivity contribution in [2.75, 3.05) is 12.3 Å². The fraction of sp³-hybridized carbons (Fsp3) is 0.700. The minimum atomic E-state index is -0.318. The molecule has 4 heterocycles. The zero-order valence-electron chi connectivity index (χ0n) is 15.7. The summed E-state index contributed by atoms with van der Waals surface area (Å²) in [7, 11) is 0. The molecule has 0 saturated carbocycles. The van der Waals surface area contributed by atoms with Gasteiger partial charge in [-0.3, -0.25) is 9.59 Å². The van der Waals surface area contributed by atoms with Crippen LogP contribution in [-0.2, 0) is 16.0 Å². The molecule has 6 heteroatoms. The molecule has 5 nitrogen and oxygen atoms in total. The van der Waals surface area contributed by atoms with Gasteiger partial charge in [-0.15, -0.1) is 11.8 Å². The molecule has 0 aromatic carbocycles. The molecule has 142 valence electrons. The van der Waals surface area contributed by atoms with Gasteiger partial charge in [0.15, 0.2) is 0 Å². The molecule has 1 aromatic rings. The highest BCUT2D eigenvalue weighted by Gasteiger charge is 2.54. The van der Waals surface area contributed by atoms with Gasteiger partial charge in [0.05, 0.1) is 10.9 Å². The van der Waals surface area contributed by atoms with Crippen LogP contribution in [-0.4, -0.2) is 44.8 Å². The number of hydrogen-bond donors (Lipinski definition) is 0.